The molecule has 0 bridgehead atoms. The van der Waals surface area contributed by atoms with Crippen molar-refractivity contribution in [2.45, 2.75) is 82.5 Å². The molecule has 2 rings (SSSR count). The summed E-state index contributed by atoms with van der Waals surface area (Å²) < 4.78 is 5.73. The molecule has 0 aromatic carbocycles. The Bertz CT molecular complexity index is 362. The molecule has 2 saturated carbocycles. The Labute approximate surface area is 134 Å². The van der Waals surface area contributed by atoms with Crippen molar-refractivity contribution in [3.05, 3.63) is 0 Å². The topological polar surface area (TPSA) is 38.3 Å². The summed E-state index contributed by atoms with van der Waals surface area (Å²) in [4.78, 5) is 12.6. The number of rotatable bonds is 7. The highest BCUT2D eigenvalue weighted by Crippen LogP contribution is 2.42. The number of carbonyl (C=O) groups is 1. The normalized spacial score (nSPS) is 29.6. The molecule has 21 heavy (non-hydrogen) atoms. The van der Waals surface area contributed by atoms with Crippen LogP contribution in [0.2, 0.25) is 0 Å². The Hall–Kier alpha value is -0.220. The van der Waals surface area contributed by atoms with Crippen molar-refractivity contribution in [1.82, 2.24) is 5.32 Å². The summed E-state index contributed by atoms with van der Waals surface area (Å²) in [6.45, 7) is 9.16. The molecule has 0 aliphatic heterocycles. The first kappa shape index (κ1) is 17.1. The summed E-state index contributed by atoms with van der Waals surface area (Å²) >= 11 is 2.00. The second-order valence-electron chi connectivity index (χ2n) is 7.45. The molecule has 0 saturated heterocycles. The molecule has 3 nitrogen and oxygen atoms in total. The van der Waals surface area contributed by atoms with E-state index in [0.717, 1.165) is 31.4 Å². The van der Waals surface area contributed by atoms with Crippen molar-refractivity contribution in [2.75, 3.05) is 12.4 Å². The van der Waals surface area contributed by atoms with Gasteiger partial charge < -0.3 is 4.74 Å². The SMILES string of the molecule is CCOC(=O)C1(NC2CC2)CCCC1CCSC(C)(C)C. The number of carbonyl (C=O) groups excluding carboxylic acids is 1. The van der Waals surface area contributed by atoms with Crippen molar-refractivity contribution < 1.29 is 9.53 Å². The quantitative estimate of drug-likeness (QED) is 0.726. The Morgan fingerprint density at radius 1 is 1.33 bits per heavy atom. The molecule has 0 heterocycles. The summed E-state index contributed by atoms with van der Waals surface area (Å²) in [7, 11) is 0. The van der Waals surface area contributed by atoms with Gasteiger partial charge in [-0.05, 0) is 50.7 Å². The lowest BCUT2D eigenvalue weighted by Gasteiger charge is -2.35. The van der Waals surface area contributed by atoms with E-state index in [0.29, 0.717) is 23.3 Å². The van der Waals surface area contributed by atoms with E-state index in [2.05, 4.69) is 26.1 Å². The van der Waals surface area contributed by atoms with Crippen molar-refractivity contribution in [1.29, 1.82) is 0 Å². The van der Waals surface area contributed by atoms with Gasteiger partial charge in [0.2, 0.25) is 0 Å². The molecule has 0 aromatic rings. The van der Waals surface area contributed by atoms with Gasteiger partial charge in [0.15, 0.2) is 0 Å². The molecule has 0 amide bonds. The van der Waals surface area contributed by atoms with E-state index in [9.17, 15) is 4.79 Å². The first-order chi connectivity index (χ1) is 9.87. The molecule has 2 atom stereocenters. The maximum Gasteiger partial charge on any atom is 0.326 e. The molecule has 2 fully saturated rings. The molecular weight excluding hydrogens is 282 g/mol. The van der Waals surface area contributed by atoms with Crippen LogP contribution in [0.15, 0.2) is 0 Å². The van der Waals surface area contributed by atoms with Crippen LogP contribution in [-0.2, 0) is 9.53 Å². The number of hydrogen-bond acceptors (Lipinski definition) is 4. The lowest BCUT2D eigenvalue weighted by atomic mass is 9.84. The fourth-order valence-electron chi connectivity index (χ4n) is 3.35. The number of ether oxygens (including phenoxy) is 1. The second-order valence-corrected chi connectivity index (χ2v) is 9.37. The third kappa shape index (κ3) is 4.62. The van der Waals surface area contributed by atoms with Gasteiger partial charge in [0.1, 0.15) is 5.54 Å². The summed E-state index contributed by atoms with van der Waals surface area (Å²) in [5.74, 6) is 1.56. The van der Waals surface area contributed by atoms with E-state index >= 15 is 0 Å². The summed E-state index contributed by atoms with van der Waals surface area (Å²) in [5.41, 5.74) is -0.393. The molecule has 1 N–H and O–H groups in total. The van der Waals surface area contributed by atoms with Crippen molar-refractivity contribution in [3.63, 3.8) is 0 Å². The lowest BCUT2D eigenvalue weighted by Crippen LogP contribution is -2.56. The largest absolute Gasteiger partial charge is 0.465 e. The van der Waals surface area contributed by atoms with E-state index in [1.54, 1.807) is 0 Å². The van der Waals surface area contributed by atoms with Gasteiger partial charge in [-0.2, -0.15) is 11.8 Å². The maximum absolute atomic E-state index is 12.6. The van der Waals surface area contributed by atoms with Crippen LogP contribution < -0.4 is 5.32 Å². The first-order valence-corrected chi connectivity index (χ1v) is 9.45. The van der Waals surface area contributed by atoms with Crippen LogP contribution in [0, 0.1) is 5.92 Å². The summed E-state index contributed by atoms with van der Waals surface area (Å²) in [5, 5.41) is 3.66. The minimum Gasteiger partial charge on any atom is -0.465 e. The predicted octanol–water partition coefficient (Wildman–Crippen LogP) is 3.76. The zero-order chi connectivity index (χ0) is 15.5. The molecule has 4 heteroatoms. The monoisotopic (exact) mass is 313 g/mol. The summed E-state index contributed by atoms with van der Waals surface area (Å²) in [6, 6.07) is 0.547. The molecule has 2 unspecified atom stereocenters. The molecule has 0 radical (unpaired) electrons. The average Bonchev–Trinajstić information content (AvgIpc) is 3.09. The average molecular weight is 314 g/mol. The van der Waals surface area contributed by atoms with E-state index < -0.39 is 5.54 Å². The van der Waals surface area contributed by atoms with E-state index in [4.69, 9.17) is 4.74 Å². The zero-order valence-electron chi connectivity index (χ0n) is 14.0. The van der Waals surface area contributed by atoms with Crippen LogP contribution >= 0.6 is 11.8 Å². The van der Waals surface area contributed by atoms with Gasteiger partial charge in [-0.3, -0.25) is 10.1 Å². The third-order valence-electron chi connectivity index (χ3n) is 4.50. The number of thioether (sulfide) groups is 1. The van der Waals surface area contributed by atoms with Gasteiger partial charge in [-0.15, -0.1) is 0 Å². The number of nitrogens with one attached hydrogen (secondary N) is 1. The Kier molecular flexibility index (Phi) is 5.64. The minimum absolute atomic E-state index is 0.000147. The molecular formula is C17H31NO2S. The third-order valence-corrected chi connectivity index (χ3v) is 5.81. The highest BCUT2D eigenvalue weighted by Gasteiger charge is 2.51. The van der Waals surface area contributed by atoms with Gasteiger partial charge in [-0.1, -0.05) is 27.2 Å². The molecule has 2 aliphatic rings. The van der Waals surface area contributed by atoms with Crippen LogP contribution in [-0.4, -0.2) is 34.7 Å². The van der Waals surface area contributed by atoms with Crippen LogP contribution in [0.3, 0.4) is 0 Å². The maximum atomic E-state index is 12.6. The van der Waals surface area contributed by atoms with Gasteiger partial charge in [0.05, 0.1) is 6.61 Å². The minimum atomic E-state index is -0.393. The van der Waals surface area contributed by atoms with E-state index in [-0.39, 0.29) is 5.97 Å². The van der Waals surface area contributed by atoms with Crippen LogP contribution in [0.25, 0.3) is 0 Å². The van der Waals surface area contributed by atoms with Crippen LogP contribution in [0.5, 0.6) is 0 Å². The zero-order valence-corrected chi connectivity index (χ0v) is 14.9. The lowest BCUT2D eigenvalue weighted by molar-refractivity contribution is -0.153. The smallest absolute Gasteiger partial charge is 0.326 e. The van der Waals surface area contributed by atoms with E-state index in [1.165, 1.54) is 12.8 Å². The Morgan fingerprint density at radius 2 is 2.05 bits per heavy atom. The van der Waals surface area contributed by atoms with Gasteiger partial charge in [-0.25, -0.2) is 0 Å². The predicted molar refractivity (Wildman–Crippen MR) is 89.7 cm³/mol. The number of esters is 1. The van der Waals surface area contributed by atoms with Crippen molar-refractivity contribution >= 4 is 17.7 Å². The van der Waals surface area contributed by atoms with Gasteiger partial charge >= 0.3 is 5.97 Å². The van der Waals surface area contributed by atoms with Crippen LogP contribution in [0.1, 0.15) is 66.2 Å². The standard InChI is InChI=1S/C17H31NO2S/c1-5-20-15(19)17(18-14-8-9-14)11-6-7-13(17)10-12-21-16(2,3)4/h13-14,18H,5-12H2,1-4H3. The number of hydrogen-bond donors (Lipinski definition) is 1. The highest BCUT2D eigenvalue weighted by molar-refractivity contribution is 8.00. The fourth-order valence-corrected chi connectivity index (χ4v) is 4.36. The van der Waals surface area contributed by atoms with Crippen molar-refractivity contribution in [2.24, 2.45) is 5.92 Å². The summed E-state index contributed by atoms with van der Waals surface area (Å²) in [6.07, 6.45) is 6.79. The van der Waals surface area contributed by atoms with Gasteiger partial charge in [0.25, 0.3) is 0 Å². The molecule has 122 valence electrons. The Balaban J connectivity index is 2.00. The van der Waals surface area contributed by atoms with E-state index in [1.807, 2.05) is 18.7 Å². The van der Waals surface area contributed by atoms with Gasteiger partial charge in [0, 0.05) is 10.8 Å². The van der Waals surface area contributed by atoms with Crippen LogP contribution in [0.4, 0.5) is 0 Å². The molecule has 2 aliphatic carbocycles. The molecule has 0 aromatic heterocycles. The highest BCUT2D eigenvalue weighted by atomic mass is 32.2. The van der Waals surface area contributed by atoms with Crippen molar-refractivity contribution in [3.8, 4) is 0 Å². The fraction of sp³-hybridized carbons (Fsp3) is 0.941. The Morgan fingerprint density at radius 3 is 2.62 bits per heavy atom. The first-order valence-electron chi connectivity index (χ1n) is 8.46. The second kappa shape index (κ2) is 6.91. The molecule has 0 spiro atoms.